The van der Waals surface area contributed by atoms with Gasteiger partial charge in [-0.05, 0) is 66.3 Å². The van der Waals surface area contributed by atoms with Crippen molar-refractivity contribution in [3.05, 3.63) is 164 Å². The number of hydrogen-bond donors (Lipinski definition) is 0. The summed E-state index contributed by atoms with van der Waals surface area (Å²) in [6.07, 6.45) is 0. The first-order valence-corrected chi connectivity index (χ1v) is 15.5. The Hall–Kier alpha value is -6.19. The summed E-state index contributed by atoms with van der Waals surface area (Å²) in [6.45, 7) is 0. The molecule has 0 aliphatic carbocycles. The lowest BCUT2D eigenvalue weighted by Crippen LogP contribution is -2.00. The van der Waals surface area contributed by atoms with Crippen molar-refractivity contribution in [1.29, 1.82) is 0 Å². The maximum absolute atomic E-state index is 5.00. The van der Waals surface area contributed by atoms with Crippen LogP contribution in [0.4, 0.5) is 0 Å². The summed E-state index contributed by atoms with van der Waals surface area (Å²) < 4.78 is 0. The molecule has 0 bridgehead atoms. The molecule has 0 fully saturated rings. The van der Waals surface area contributed by atoms with Crippen molar-refractivity contribution in [2.45, 2.75) is 0 Å². The maximum atomic E-state index is 5.00. The van der Waals surface area contributed by atoms with Crippen LogP contribution in [0.2, 0.25) is 0 Å². The highest BCUT2D eigenvalue weighted by Gasteiger charge is 2.15. The van der Waals surface area contributed by atoms with Crippen LogP contribution in [0.25, 0.3) is 88.4 Å². The lowest BCUT2D eigenvalue weighted by atomic mass is 9.89. The van der Waals surface area contributed by atoms with Gasteiger partial charge in [-0.1, -0.05) is 152 Å². The Labute approximate surface area is 266 Å². The van der Waals surface area contributed by atoms with Gasteiger partial charge in [0.05, 0.1) is 0 Å². The summed E-state index contributed by atoms with van der Waals surface area (Å²) in [5.74, 6) is 1.96. The van der Waals surface area contributed by atoms with Crippen LogP contribution >= 0.6 is 0 Å². The number of nitrogens with zero attached hydrogens (tertiary/aromatic N) is 3. The van der Waals surface area contributed by atoms with Crippen molar-refractivity contribution in [3.8, 4) is 45.3 Å². The highest BCUT2D eigenvalue weighted by molar-refractivity contribution is 6.26. The van der Waals surface area contributed by atoms with Crippen LogP contribution in [-0.4, -0.2) is 15.0 Å². The molecule has 214 valence electrons. The van der Waals surface area contributed by atoms with Crippen molar-refractivity contribution >= 4 is 43.1 Å². The Morgan fingerprint density at radius 2 is 0.783 bits per heavy atom. The quantitative estimate of drug-likeness (QED) is 0.193. The average molecular weight is 586 g/mol. The zero-order valence-electron chi connectivity index (χ0n) is 24.9. The normalized spacial score (nSPS) is 11.5. The van der Waals surface area contributed by atoms with E-state index in [0.717, 1.165) is 22.3 Å². The van der Waals surface area contributed by atoms with E-state index in [1.807, 2.05) is 60.7 Å². The number of hydrogen-bond acceptors (Lipinski definition) is 3. The first kappa shape index (κ1) is 26.2. The molecule has 9 rings (SSSR count). The monoisotopic (exact) mass is 585 g/mol. The van der Waals surface area contributed by atoms with Gasteiger partial charge < -0.3 is 0 Å². The Kier molecular flexibility index (Phi) is 6.14. The first-order valence-electron chi connectivity index (χ1n) is 15.5. The standard InChI is InChI=1S/C43H27N3/c1-3-13-30(14-4-1)41-44-42(31-15-5-2-6-16-31)46-43(45-41)33-18-11-17-32(26-33)38-27-39-37(35-20-9-10-21-36(35)38)25-24-29-23-22-28-12-7-8-19-34(28)40(29)39/h1-27H. The third-order valence-corrected chi connectivity index (χ3v) is 8.88. The first-order chi connectivity index (χ1) is 22.8. The van der Waals surface area contributed by atoms with Crippen molar-refractivity contribution in [2.75, 3.05) is 0 Å². The van der Waals surface area contributed by atoms with Crippen LogP contribution in [0.5, 0.6) is 0 Å². The molecule has 0 N–H and O–H groups in total. The van der Waals surface area contributed by atoms with E-state index in [9.17, 15) is 0 Å². The predicted molar refractivity (Wildman–Crippen MR) is 192 cm³/mol. The van der Waals surface area contributed by atoms with Gasteiger partial charge >= 0.3 is 0 Å². The Balaban J connectivity index is 1.29. The largest absolute Gasteiger partial charge is 0.208 e. The summed E-state index contributed by atoms with van der Waals surface area (Å²) in [5.41, 5.74) is 5.17. The summed E-state index contributed by atoms with van der Waals surface area (Å²) in [4.78, 5) is 14.9. The smallest absolute Gasteiger partial charge is 0.164 e. The lowest BCUT2D eigenvalue weighted by Gasteiger charge is -2.15. The van der Waals surface area contributed by atoms with Gasteiger partial charge in [0.25, 0.3) is 0 Å². The minimum absolute atomic E-state index is 0.649. The highest BCUT2D eigenvalue weighted by atomic mass is 15.0. The summed E-state index contributed by atoms with van der Waals surface area (Å²) >= 11 is 0. The van der Waals surface area contributed by atoms with Crippen LogP contribution in [-0.2, 0) is 0 Å². The van der Waals surface area contributed by atoms with Gasteiger partial charge in [-0.2, -0.15) is 0 Å². The molecule has 1 heterocycles. The van der Waals surface area contributed by atoms with E-state index in [2.05, 4.69) is 103 Å². The van der Waals surface area contributed by atoms with Gasteiger partial charge in [-0.3, -0.25) is 0 Å². The lowest BCUT2D eigenvalue weighted by molar-refractivity contribution is 1.07. The molecule has 46 heavy (non-hydrogen) atoms. The van der Waals surface area contributed by atoms with E-state index in [4.69, 9.17) is 15.0 Å². The molecule has 3 heteroatoms. The van der Waals surface area contributed by atoms with E-state index in [-0.39, 0.29) is 0 Å². The number of aromatic nitrogens is 3. The third kappa shape index (κ3) is 4.41. The second-order valence-electron chi connectivity index (χ2n) is 11.6. The zero-order chi connectivity index (χ0) is 30.5. The minimum Gasteiger partial charge on any atom is -0.208 e. The third-order valence-electron chi connectivity index (χ3n) is 8.88. The second-order valence-corrected chi connectivity index (χ2v) is 11.6. The summed E-state index contributed by atoms with van der Waals surface area (Å²) in [6, 6.07) is 57.6. The molecule has 0 amide bonds. The highest BCUT2D eigenvalue weighted by Crippen LogP contribution is 2.40. The molecule has 8 aromatic carbocycles. The van der Waals surface area contributed by atoms with Crippen LogP contribution in [0.15, 0.2) is 164 Å². The fourth-order valence-electron chi connectivity index (χ4n) is 6.69. The number of benzene rings is 8. The van der Waals surface area contributed by atoms with Gasteiger partial charge in [0.2, 0.25) is 0 Å². The fourth-order valence-corrected chi connectivity index (χ4v) is 6.69. The zero-order valence-corrected chi connectivity index (χ0v) is 24.9. The van der Waals surface area contributed by atoms with Gasteiger partial charge in [-0.15, -0.1) is 0 Å². The topological polar surface area (TPSA) is 38.7 Å². The van der Waals surface area contributed by atoms with Gasteiger partial charge in [-0.25, -0.2) is 15.0 Å². The summed E-state index contributed by atoms with van der Waals surface area (Å²) in [5, 5.41) is 10.0. The van der Waals surface area contributed by atoms with E-state index in [1.165, 1.54) is 48.7 Å². The molecule has 9 aromatic rings. The van der Waals surface area contributed by atoms with Gasteiger partial charge in [0.15, 0.2) is 17.5 Å². The van der Waals surface area contributed by atoms with E-state index in [0.29, 0.717) is 17.5 Å². The van der Waals surface area contributed by atoms with Crippen LogP contribution in [0.1, 0.15) is 0 Å². The Morgan fingerprint density at radius 1 is 0.283 bits per heavy atom. The fraction of sp³-hybridized carbons (Fsp3) is 0. The molecule has 0 aliphatic heterocycles. The molecule has 0 radical (unpaired) electrons. The molecular formula is C43H27N3. The SMILES string of the molecule is c1ccc(-c2nc(-c3ccccc3)nc(-c3cccc(-c4cc5c(ccc6ccc7ccccc7c65)c5ccccc45)c3)n2)cc1. The summed E-state index contributed by atoms with van der Waals surface area (Å²) in [7, 11) is 0. The molecule has 3 nitrogen and oxygen atoms in total. The molecule has 0 spiro atoms. The maximum Gasteiger partial charge on any atom is 0.164 e. The number of fused-ring (bicyclic) bond motifs is 7. The van der Waals surface area contributed by atoms with Crippen molar-refractivity contribution < 1.29 is 0 Å². The van der Waals surface area contributed by atoms with Crippen molar-refractivity contribution in [2.24, 2.45) is 0 Å². The van der Waals surface area contributed by atoms with Gasteiger partial charge in [0, 0.05) is 16.7 Å². The predicted octanol–water partition coefficient (Wildman–Crippen LogP) is 11.2. The van der Waals surface area contributed by atoms with Crippen LogP contribution in [0.3, 0.4) is 0 Å². The molecule has 0 unspecified atom stereocenters. The molecule has 0 atom stereocenters. The van der Waals surface area contributed by atoms with E-state index in [1.54, 1.807) is 0 Å². The van der Waals surface area contributed by atoms with E-state index >= 15 is 0 Å². The Morgan fingerprint density at radius 3 is 1.50 bits per heavy atom. The number of rotatable bonds is 4. The van der Waals surface area contributed by atoms with Crippen molar-refractivity contribution in [3.63, 3.8) is 0 Å². The molecule has 0 aliphatic rings. The van der Waals surface area contributed by atoms with Crippen LogP contribution < -0.4 is 0 Å². The van der Waals surface area contributed by atoms with E-state index < -0.39 is 0 Å². The average Bonchev–Trinajstić information content (AvgIpc) is 3.14. The van der Waals surface area contributed by atoms with Crippen molar-refractivity contribution in [1.82, 2.24) is 15.0 Å². The minimum atomic E-state index is 0.649. The molecule has 1 aromatic heterocycles. The molecular weight excluding hydrogens is 558 g/mol. The van der Waals surface area contributed by atoms with Crippen LogP contribution in [0, 0.1) is 0 Å². The van der Waals surface area contributed by atoms with Gasteiger partial charge in [0.1, 0.15) is 0 Å². The molecule has 0 saturated heterocycles. The Bertz CT molecular complexity index is 2520. The second kappa shape index (κ2) is 10.8. The molecule has 0 saturated carbocycles.